The van der Waals surface area contributed by atoms with Crippen molar-refractivity contribution in [3.8, 4) is 0 Å². The quantitative estimate of drug-likeness (QED) is 0.278. The Hall–Kier alpha value is -4.34. The average molecular weight is 727 g/mol. The molecule has 0 radical (unpaired) electrons. The average Bonchev–Trinajstić information content (AvgIpc) is 3.50. The summed E-state index contributed by atoms with van der Waals surface area (Å²) in [7, 11) is 6.87. The third-order valence-electron chi connectivity index (χ3n) is 15.2. The van der Waals surface area contributed by atoms with E-state index in [1.54, 1.807) is 52.0 Å². The highest BCUT2D eigenvalue weighted by molar-refractivity contribution is 5.89. The molecule has 2 saturated heterocycles. The van der Waals surface area contributed by atoms with Crippen LogP contribution in [0.3, 0.4) is 0 Å². The van der Waals surface area contributed by atoms with Crippen molar-refractivity contribution < 1.29 is 29.3 Å². The van der Waals surface area contributed by atoms with Gasteiger partial charge in [0.15, 0.2) is 0 Å². The van der Waals surface area contributed by atoms with Gasteiger partial charge in [-0.25, -0.2) is 0 Å². The van der Waals surface area contributed by atoms with Gasteiger partial charge >= 0.3 is 0 Å². The van der Waals surface area contributed by atoms with Gasteiger partial charge in [-0.05, 0) is 72.2 Å². The van der Waals surface area contributed by atoms with Gasteiger partial charge in [-0.1, -0.05) is 97.1 Å². The van der Waals surface area contributed by atoms with Crippen molar-refractivity contribution >= 4 is 11.8 Å². The summed E-state index contributed by atoms with van der Waals surface area (Å²) in [6.07, 6.45) is -0.417. The fraction of sp³-hybridized carbons (Fsp3) is 0.435. The summed E-state index contributed by atoms with van der Waals surface area (Å²) in [5, 5.41) is 22.9. The van der Waals surface area contributed by atoms with Crippen LogP contribution in [-0.4, -0.2) is 83.8 Å². The lowest BCUT2D eigenvalue weighted by atomic mass is 9.45. The molecule has 2 fully saturated rings. The summed E-state index contributed by atoms with van der Waals surface area (Å²) >= 11 is 0. The zero-order valence-electron chi connectivity index (χ0n) is 32.3. The van der Waals surface area contributed by atoms with E-state index in [1.807, 2.05) is 24.3 Å². The number of methoxy groups -OCH3 is 2. The van der Waals surface area contributed by atoms with Crippen LogP contribution < -0.4 is 0 Å². The Bertz CT molecular complexity index is 1960. The van der Waals surface area contributed by atoms with Crippen molar-refractivity contribution in [2.75, 3.05) is 28.3 Å². The lowest BCUT2D eigenvalue weighted by Crippen LogP contribution is -2.60. The Morgan fingerprint density at radius 1 is 0.537 bits per heavy atom. The number of carbonyl (C=O) groups excluding carboxylic acids is 2. The molecule has 2 amide bonds. The van der Waals surface area contributed by atoms with Crippen LogP contribution in [0.4, 0.5) is 0 Å². The van der Waals surface area contributed by atoms with Gasteiger partial charge in [-0.15, -0.1) is 0 Å². The van der Waals surface area contributed by atoms with Crippen molar-refractivity contribution in [3.05, 3.63) is 142 Å². The molecule has 0 unspecified atom stereocenters. The molecule has 2 N–H and O–H groups in total. The summed E-state index contributed by atoms with van der Waals surface area (Å²) in [5.74, 6) is -1.11. The summed E-state index contributed by atoms with van der Waals surface area (Å²) in [5.41, 5.74) is 5.92. The molecule has 54 heavy (non-hydrogen) atoms. The number of likely N-dealkylation sites (tertiary alicyclic amines) is 2. The zero-order valence-corrected chi connectivity index (χ0v) is 32.3. The minimum absolute atomic E-state index is 0.00256. The third kappa shape index (κ3) is 3.87. The van der Waals surface area contributed by atoms with Gasteiger partial charge in [-0.2, -0.15) is 0 Å². The highest BCUT2D eigenvalue weighted by Gasteiger charge is 2.73. The maximum atomic E-state index is 13.5. The maximum absolute atomic E-state index is 13.5. The van der Waals surface area contributed by atoms with E-state index in [2.05, 4.69) is 86.6 Å². The number of ether oxygens (including phenoxy) is 2. The molecule has 4 bridgehead atoms. The first-order valence-electron chi connectivity index (χ1n) is 19.2. The Balaban J connectivity index is 0.000000142. The van der Waals surface area contributed by atoms with Gasteiger partial charge in [0, 0.05) is 52.0 Å². The Kier molecular flexibility index (Phi) is 7.59. The molecular formula is C46H50N2O6. The third-order valence-corrected chi connectivity index (χ3v) is 15.2. The van der Waals surface area contributed by atoms with Crippen LogP contribution in [0.2, 0.25) is 0 Å². The largest absolute Gasteiger partial charge is 0.380 e. The number of rotatable bonds is 4. The fourth-order valence-electron chi connectivity index (χ4n) is 12.6. The van der Waals surface area contributed by atoms with E-state index in [-0.39, 0.29) is 59.5 Å². The smallest absolute Gasteiger partial charge is 0.229 e. The van der Waals surface area contributed by atoms with Crippen LogP contribution in [0.5, 0.6) is 0 Å². The van der Waals surface area contributed by atoms with E-state index in [0.717, 1.165) is 0 Å². The minimum Gasteiger partial charge on any atom is -0.380 e. The number of nitrogens with zero attached hydrogens (tertiary/aromatic N) is 2. The number of aliphatic hydroxyl groups is 2. The number of hydrogen-bond acceptors (Lipinski definition) is 6. The Morgan fingerprint density at radius 3 is 1.06 bits per heavy atom. The highest BCUT2D eigenvalue weighted by Crippen LogP contribution is 2.69. The molecule has 8 heteroatoms. The first-order valence-corrected chi connectivity index (χ1v) is 19.2. The van der Waals surface area contributed by atoms with Crippen LogP contribution in [0.15, 0.2) is 97.1 Å². The van der Waals surface area contributed by atoms with Crippen molar-refractivity contribution in [3.63, 3.8) is 0 Å². The van der Waals surface area contributed by atoms with Crippen LogP contribution in [0, 0.1) is 23.7 Å². The summed E-state index contributed by atoms with van der Waals surface area (Å²) in [4.78, 5) is 30.1. The van der Waals surface area contributed by atoms with Gasteiger partial charge < -0.3 is 29.5 Å². The molecule has 8 atom stereocenters. The molecule has 12 rings (SSSR count). The van der Waals surface area contributed by atoms with E-state index < -0.39 is 22.3 Å². The van der Waals surface area contributed by atoms with Gasteiger partial charge in [0.1, 0.15) is 11.4 Å². The maximum Gasteiger partial charge on any atom is 0.229 e. The highest BCUT2D eigenvalue weighted by atomic mass is 16.5. The van der Waals surface area contributed by atoms with Crippen molar-refractivity contribution in [2.24, 2.45) is 23.7 Å². The van der Waals surface area contributed by atoms with Crippen LogP contribution in [0.25, 0.3) is 0 Å². The molecule has 0 spiro atoms. The molecule has 8 nitrogen and oxygen atoms in total. The lowest BCUT2D eigenvalue weighted by Gasteiger charge is -2.58. The zero-order chi connectivity index (χ0) is 38.3. The molecule has 8 aliphatic rings. The molecule has 4 aromatic rings. The second kappa shape index (κ2) is 11.6. The lowest BCUT2D eigenvalue weighted by molar-refractivity contribution is -0.143. The van der Waals surface area contributed by atoms with Crippen molar-refractivity contribution in [2.45, 2.75) is 74.0 Å². The van der Waals surface area contributed by atoms with Gasteiger partial charge in [-0.3, -0.25) is 9.59 Å². The Labute approximate surface area is 317 Å². The van der Waals surface area contributed by atoms with E-state index in [0.29, 0.717) is 0 Å². The van der Waals surface area contributed by atoms with Crippen molar-refractivity contribution in [1.29, 1.82) is 0 Å². The monoisotopic (exact) mass is 726 g/mol. The van der Waals surface area contributed by atoms with Crippen molar-refractivity contribution in [1.82, 2.24) is 9.80 Å². The van der Waals surface area contributed by atoms with Gasteiger partial charge in [0.2, 0.25) is 11.8 Å². The van der Waals surface area contributed by atoms with E-state index >= 15 is 0 Å². The standard InChI is InChI=1S/2C23H25NO3/c2*1-13(27-4)23-16-11-7-5-9-14(16)18(15-10-6-8-12-17(15)23)19-20(23)21(25)24(3)22(19,2)26/h2*5-13,18-20,26H,1-4H3/t2*13-,18?,19-,20+,22-,23?/m00/s1. The second-order valence-corrected chi connectivity index (χ2v) is 16.8. The van der Waals surface area contributed by atoms with Crippen LogP contribution in [-0.2, 0) is 29.9 Å². The molecule has 2 heterocycles. The molecule has 2 aliphatic heterocycles. The predicted molar refractivity (Wildman–Crippen MR) is 205 cm³/mol. The number of hydrogen-bond donors (Lipinski definition) is 2. The second-order valence-electron chi connectivity index (χ2n) is 16.8. The summed E-state index contributed by atoms with van der Waals surface area (Å²) < 4.78 is 11.9. The van der Waals surface area contributed by atoms with E-state index in [4.69, 9.17) is 9.47 Å². The molecule has 0 aromatic heterocycles. The van der Waals surface area contributed by atoms with Gasteiger partial charge in [0.05, 0.1) is 34.9 Å². The summed E-state index contributed by atoms with van der Waals surface area (Å²) in [6, 6.07) is 33.6. The number of benzene rings is 4. The SMILES string of the molecule is CO[C@@H](C)C12c3ccccc3C(c3ccccc31)[C@H]1[C@@H]2C(=O)N(C)[C@@]1(C)O.CO[C@@H](C)C12c3ccccc3C(c3ccccc31)[C@H]1[C@@H]2C(=O)N(C)[C@@]1(C)O. The minimum atomic E-state index is -1.20. The number of carbonyl (C=O) groups is 2. The normalized spacial score (nSPS) is 37.0. The van der Waals surface area contributed by atoms with Crippen LogP contribution >= 0.6 is 0 Å². The summed E-state index contributed by atoms with van der Waals surface area (Å²) in [6.45, 7) is 7.67. The van der Waals surface area contributed by atoms with E-state index in [1.165, 1.54) is 44.5 Å². The van der Waals surface area contributed by atoms with E-state index in [9.17, 15) is 19.8 Å². The molecule has 4 aromatic carbocycles. The topological polar surface area (TPSA) is 99.5 Å². The predicted octanol–water partition coefficient (Wildman–Crippen LogP) is 5.76. The Morgan fingerprint density at radius 2 is 0.796 bits per heavy atom. The molecule has 0 saturated carbocycles. The molecule has 6 aliphatic carbocycles. The first-order chi connectivity index (χ1) is 25.8. The van der Waals surface area contributed by atoms with Crippen LogP contribution in [0.1, 0.15) is 84.0 Å². The first kappa shape index (κ1) is 35.4. The molecule has 280 valence electrons. The fourth-order valence-corrected chi connectivity index (χ4v) is 12.6. The number of amides is 2. The van der Waals surface area contributed by atoms with Gasteiger partial charge in [0.25, 0.3) is 0 Å². The molecular weight excluding hydrogens is 677 g/mol.